The topological polar surface area (TPSA) is 93.4 Å². The van der Waals surface area contributed by atoms with Gasteiger partial charge in [-0.3, -0.25) is 0 Å². The Morgan fingerprint density at radius 1 is 1.17 bits per heavy atom. The minimum absolute atomic E-state index is 0.00662. The predicted octanol–water partition coefficient (Wildman–Crippen LogP) is 3.59. The number of carboxylic acids is 1. The highest BCUT2D eigenvalue weighted by atomic mass is 16.4. The first-order valence-corrected chi connectivity index (χ1v) is 7.79. The Labute approximate surface area is 143 Å². The van der Waals surface area contributed by atoms with Gasteiger partial charge in [-0.05, 0) is 37.0 Å². The quantitative estimate of drug-likeness (QED) is 0.862. The summed E-state index contributed by atoms with van der Waals surface area (Å²) in [5.74, 6) is -1.13. The maximum absolute atomic E-state index is 12.5. The minimum Gasteiger partial charge on any atom is -0.480 e. The average Bonchev–Trinajstić information content (AvgIpc) is 2.46. The van der Waals surface area contributed by atoms with E-state index in [1.54, 1.807) is 12.1 Å². The second-order valence-corrected chi connectivity index (χ2v) is 7.18. The summed E-state index contributed by atoms with van der Waals surface area (Å²) in [6.07, 6.45) is 0.0626. The van der Waals surface area contributed by atoms with Crippen molar-refractivity contribution in [1.82, 2.24) is 4.90 Å². The van der Waals surface area contributed by atoms with Crippen molar-refractivity contribution in [2.45, 2.75) is 52.0 Å². The Kier molecular flexibility index (Phi) is 5.97. The molecule has 0 bridgehead atoms. The molecule has 0 fully saturated rings. The zero-order chi connectivity index (χ0) is 18.5. The number of rotatable bonds is 5. The summed E-state index contributed by atoms with van der Waals surface area (Å²) in [4.78, 5) is 25.1. The van der Waals surface area contributed by atoms with Crippen LogP contribution in [0.2, 0.25) is 0 Å². The highest BCUT2D eigenvalue weighted by Crippen LogP contribution is 2.24. The number of nitrogens with zero attached hydrogens (tertiary/aromatic N) is 2. The van der Waals surface area contributed by atoms with E-state index in [1.165, 1.54) is 13.8 Å². The van der Waals surface area contributed by atoms with Crippen LogP contribution >= 0.6 is 0 Å². The zero-order valence-corrected chi connectivity index (χ0v) is 14.9. The van der Waals surface area contributed by atoms with E-state index in [9.17, 15) is 14.7 Å². The molecule has 0 heterocycles. The number of hydrogen-bond acceptors (Lipinski definition) is 3. The van der Waals surface area contributed by atoms with Crippen LogP contribution in [-0.2, 0) is 10.2 Å². The normalized spacial score (nSPS) is 11.5. The van der Waals surface area contributed by atoms with Crippen LogP contribution in [0.1, 0.15) is 46.6 Å². The van der Waals surface area contributed by atoms with Gasteiger partial charge in [-0.15, -0.1) is 0 Å². The molecule has 0 aliphatic rings. The van der Waals surface area contributed by atoms with Gasteiger partial charge in [0.05, 0.1) is 12.5 Å². The zero-order valence-electron chi connectivity index (χ0n) is 14.9. The first kappa shape index (κ1) is 19.5. The molecule has 2 N–H and O–H groups in total. The molecule has 0 spiro atoms. The highest BCUT2D eigenvalue weighted by Gasteiger charge is 2.37. The number of anilines is 1. The number of carbonyl (C=O) groups is 2. The summed E-state index contributed by atoms with van der Waals surface area (Å²) >= 11 is 0. The number of nitriles is 1. The molecule has 0 saturated heterocycles. The van der Waals surface area contributed by atoms with Crippen molar-refractivity contribution in [3.05, 3.63) is 29.8 Å². The minimum atomic E-state index is -1.41. The van der Waals surface area contributed by atoms with Gasteiger partial charge < -0.3 is 15.3 Å². The monoisotopic (exact) mass is 331 g/mol. The lowest BCUT2D eigenvalue weighted by Gasteiger charge is -2.34. The van der Waals surface area contributed by atoms with Crippen LogP contribution in [0.25, 0.3) is 0 Å². The Balaban J connectivity index is 2.96. The lowest BCUT2D eigenvalue weighted by atomic mass is 9.87. The van der Waals surface area contributed by atoms with Crippen molar-refractivity contribution in [3.8, 4) is 6.07 Å². The van der Waals surface area contributed by atoms with Crippen LogP contribution in [0.4, 0.5) is 10.5 Å². The first-order valence-electron chi connectivity index (χ1n) is 7.79. The van der Waals surface area contributed by atoms with Crippen LogP contribution < -0.4 is 5.32 Å². The Hall–Kier alpha value is -2.55. The largest absolute Gasteiger partial charge is 0.480 e. The molecule has 0 aliphatic carbocycles. The van der Waals surface area contributed by atoms with Crippen LogP contribution in [-0.4, -0.2) is 34.1 Å². The summed E-state index contributed by atoms with van der Waals surface area (Å²) in [5.41, 5.74) is 0.308. The van der Waals surface area contributed by atoms with E-state index in [2.05, 4.69) is 26.1 Å². The van der Waals surface area contributed by atoms with Gasteiger partial charge in [0.2, 0.25) is 0 Å². The van der Waals surface area contributed by atoms with Gasteiger partial charge in [-0.25, -0.2) is 9.59 Å². The smallest absolute Gasteiger partial charge is 0.329 e. The second kappa shape index (κ2) is 7.35. The molecule has 0 radical (unpaired) electrons. The van der Waals surface area contributed by atoms with Crippen molar-refractivity contribution in [2.24, 2.45) is 0 Å². The molecular formula is C18H25N3O3. The molecule has 2 amide bonds. The number of amides is 2. The van der Waals surface area contributed by atoms with Crippen molar-refractivity contribution in [2.75, 3.05) is 11.9 Å². The number of hydrogen-bond donors (Lipinski definition) is 2. The van der Waals surface area contributed by atoms with Gasteiger partial charge in [0.15, 0.2) is 0 Å². The fourth-order valence-corrected chi connectivity index (χ4v) is 2.16. The fourth-order valence-electron chi connectivity index (χ4n) is 2.16. The summed E-state index contributed by atoms with van der Waals surface area (Å²) in [6, 6.07) is 8.83. The molecule has 0 aromatic heterocycles. The van der Waals surface area contributed by atoms with E-state index in [0.717, 1.165) is 10.5 Å². The molecule has 0 unspecified atom stereocenters. The molecule has 0 atom stereocenters. The number of carbonyl (C=O) groups excluding carboxylic acids is 1. The molecule has 0 aliphatic heterocycles. The van der Waals surface area contributed by atoms with Gasteiger partial charge >= 0.3 is 12.0 Å². The number of nitrogens with one attached hydrogen (secondary N) is 1. The van der Waals surface area contributed by atoms with Crippen molar-refractivity contribution in [1.29, 1.82) is 5.26 Å². The molecule has 24 heavy (non-hydrogen) atoms. The maximum atomic E-state index is 12.5. The third-order valence-corrected chi connectivity index (χ3v) is 3.89. The maximum Gasteiger partial charge on any atom is 0.329 e. The standard InChI is InChI=1S/C18H25N3O3/c1-17(2,3)13-7-9-14(10-8-13)20-16(24)21(12-6-11-19)18(4,5)15(22)23/h7-10H,6,12H2,1-5H3,(H,20,24)(H,22,23). The van der Waals surface area contributed by atoms with Crippen LogP contribution in [0.15, 0.2) is 24.3 Å². The highest BCUT2D eigenvalue weighted by molar-refractivity contribution is 5.93. The van der Waals surface area contributed by atoms with Gasteiger partial charge in [0, 0.05) is 12.2 Å². The molecule has 130 valence electrons. The molecule has 1 aromatic carbocycles. The predicted molar refractivity (Wildman–Crippen MR) is 92.8 cm³/mol. The molecule has 0 saturated carbocycles. The van der Waals surface area contributed by atoms with E-state index in [1.807, 2.05) is 18.2 Å². The van der Waals surface area contributed by atoms with Crippen molar-refractivity contribution in [3.63, 3.8) is 0 Å². The molecule has 6 heteroatoms. The van der Waals surface area contributed by atoms with E-state index in [-0.39, 0.29) is 18.4 Å². The third kappa shape index (κ3) is 4.72. The first-order chi connectivity index (χ1) is 11.0. The molecule has 1 rings (SSSR count). The van der Waals surface area contributed by atoms with Crippen molar-refractivity contribution >= 4 is 17.7 Å². The third-order valence-electron chi connectivity index (χ3n) is 3.89. The van der Waals surface area contributed by atoms with Gasteiger partial charge in [0.1, 0.15) is 5.54 Å². The van der Waals surface area contributed by atoms with Crippen LogP contribution in [0, 0.1) is 11.3 Å². The number of urea groups is 1. The Morgan fingerprint density at radius 2 is 1.71 bits per heavy atom. The van der Waals surface area contributed by atoms with E-state index in [4.69, 9.17) is 5.26 Å². The van der Waals surface area contributed by atoms with Crippen LogP contribution in [0.5, 0.6) is 0 Å². The molecular weight excluding hydrogens is 306 g/mol. The Morgan fingerprint density at radius 3 is 2.12 bits per heavy atom. The van der Waals surface area contributed by atoms with Gasteiger partial charge in [-0.1, -0.05) is 32.9 Å². The average molecular weight is 331 g/mol. The summed E-state index contributed by atoms with van der Waals surface area (Å²) in [7, 11) is 0. The van der Waals surface area contributed by atoms with E-state index < -0.39 is 17.5 Å². The molecule has 1 aromatic rings. The van der Waals surface area contributed by atoms with E-state index in [0.29, 0.717) is 5.69 Å². The second-order valence-electron chi connectivity index (χ2n) is 7.18. The summed E-state index contributed by atoms with van der Waals surface area (Å²) in [5, 5.41) is 20.8. The summed E-state index contributed by atoms with van der Waals surface area (Å²) in [6.45, 7) is 9.21. The number of benzene rings is 1. The lowest BCUT2D eigenvalue weighted by molar-refractivity contribution is -0.147. The summed E-state index contributed by atoms with van der Waals surface area (Å²) < 4.78 is 0. The van der Waals surface area contributed by atoms with Crippen molar-refractivity contribution < 1.29 is 14.7 Å². The van der Waals surface area contributed by atoms with E-state index >= 15 is 0 Å². The fraction of sp³-hybridized carbons (Fsp3) is 0.500. The SMILES string of the molecule is CC(C)(C)c1ccc(NC(=O)N(CCC#N)C(C)(C)C(=O)O)cc1. The molecule has 6 nitrogen and oxygen atoms in total. The number of carboxylic acid groups (broad SMARTS) is 1. The van der Waals surface area contributed by atoms with Crippen LogP contribution in [0.3, 0.4) is 0 Å². The lowest BCUT2D eigenvalue weighted by Crippen LogP contribution is -2.54. The van der Waals surface area contributed by atoms with Gasteiger partial charge in [-0.2, -0.15) is 5.26 Å². The number of aliphatic carboxylic acids is 1. The van der Waals surface area contributed by atoms with Gasteiger partial charge in [0.25, 0.3) is 0 Å². The Bertz CT molecular complexity index is 637.